The summed E-state index contributed by atoms with van der Waals surface area (Å²) in [6.07, 6.45) is 0. The Balaban J connectivity index is 2.39. The van der Waals surface area contributed by atoms with E-state index in [0.717, 1.165) is 12.1 Å². The molecule has 0 saturated heterocycles. The normalized spacial score (nSPS) is 10.2. The first-order valence-corrected chi connectivity index (χ1v) is 6.28. The molecule has 0 radical (unpaired) electrons. The van der Waals surface area contributed by atoms with E-state index in [0.29, 0.717) is 5.02 Å². The third-order valence-corrected chi connectivity index (χ3v) is 3.05. The molecule has 0 aliphatic heterocycles. The maximum Gasteiger partial charge on any atom is 0.342 e. The average Bonchev–Trinajstić information content (AvgIpc) is 2.41. The van der Waals surface area contributed by atoms with Crippen molar-refractivity contribution in [2.75, 3.05) is 0 Å². The molecule has 6 nitrogen and oxygen atoms in total. The van der Waals surface area contributed by atoms with Gasteiger partial charge in [-0.15, -0.1) is 0 Å². The number of hydrogen-bond acceptors (Lipinski definition) is 4. The number of rotatable bonds is 4. The van der Waals surface area contributed by atoms with Gasteiger partial charge in [-0.2, -0.15) is 0 Å². The summed E-state index contributed by atoms with van der Waals surface area (Å²) >= 11 is 11.7. The average molecular weight is 328 g/mol. The molecule has 0 bridgehead atoms. The molecule has 0 amide bonds. The minimum Gasteiger partial charge on any atom is -0.477 e. The van der Waals surface area contributed by atoms with E-state index in [1.54, 1.807) is 6.07 Å². The number of carboxylic acids is 1. The lowest BCUT2D eigenvalue weighted by Gasteiger charge is -2.08. The molecule has 0 aliphatic rings. The number of ether oxygens (including phenoxy) is 1. The highest BCUT2D eigenvalue weighted by molar-refractivity contribution is 6.35. The maximum atomic E-state index is 11.0. The Morgan fingerprint density at radius 1 is 1.19 bits per heavy atom. The van der Waals surface area contributed by atoms with Gasteiger partial charge in [0, 0.05) is 17.2 Å². The molecule has 0 saturated carbocycles. The van der Waals surface area contributed by atoms with Gasteiger partial charge in [-0.05, 0) is 24.3 Å². The Labute approximate surface area is 128 Å². The fourth-order valence-corrected chi connectivity index (χ4v) is 2.04. The van der Waals surface area contributed by atoms with Gasteiger partial charge in [-0.1, -0.05) is 23.2 Å². The van der Waals surface area contributed by atoms with Crippen LogP contribution >= 0.6 is 23.2 Å². The van der Waals surface area contributed by atoms with Crippen LogP contribution in [-0.2, 0) is 0 Å². The van der Waals surface area contributed by atoms with Gasteiger partial charge >= 0.3 is 5.97 Å². The van der Waals surface area contributed by atoms with E-state index in [9.17, 15) is 14.9 Å². The molecule has 0 spiro atoms. The first kappa shape index (κ1) is 15.1. The molecule has 8 heteroatoms. The number of halogens is 2. The predicted octanol–water partition coefficient (Wildman–Crippen LogP) is 4.39. The lowest BCUT2D eigenvalue weighted by atomic mass is 10.1. The van der Waals surface area contributed by atoms with Crippen LogP contribution in [0.5, 0.6) is 11.5 Å². The summed E-state index contributed by atoms with van der Waals surface area (Å²) in [5, 5.41) is 20.4. The Kier molecular flexibility index (Phi) is 4.30. The van der Waals surface area contributed by atoms with Crippen LogP contribution in [0.15, 0.2) is 36.4 Å². The van der Waals surface area contributed by atoms with Crippen molar-refractivity contribution in [1.82, 2.24) is 0 Å². The number of aromatic carboxylic acids is 1. The van der Waals surface area contributed by atoms with E-state index < -0.39 is 22.1 Å². The molecule has 1 N–H and O–H groups in total. The number of nitro benzene ring substituents is 1. The highest BCUT2D eigenvalue weighted by atomic mass is 35.5. The van der Waals surface area contributed by atoms with Crippen molar-refractivity contribution in [3.05, 3.63) is 62.1 Å². The van der Waals surface area contributed by atoms with E-state index >= 15 is 0 Å². The summed E-state index contributed by atoms with van der Waals surface area (Å²) in [6.45, 7) is 0. The van der Waals surface area contributed by atoms with Gasteiger partial charge in [0.25, 0.3) is 5.69 Å². The fraction of sp³-hybridized carbons (Fsp3) is 0. The summed E-state index contributed by atoms with van der Waals surface area (Å²) < 4.78 is 5.41. The van der Waals surface area contributed by atoms with Gasteiger partial charge in [0.1, 0.15) is 17.1 Å². The molecule has 2 aromatic carbocycles. The first-order valence-electron chi connectivity index (χ1n) is 5.53. The summed E-state index contributed by atoms with van der Waals surface area (Å²) in [4.78, 5) is 21.0. The zero-order chi connectivity index (χ0) is 15.6. The van der Waals surface area contributed by atoms with Gasteiger partial charge in [0.2, 0.25) is 0 Å². The van der Waals surface area contributed by atoms with Crippen molar-refractivity contribution in [2.24, 2.45) is 0 Å². The second-order valence-electron chi connectivity index (χ2n) is 3.92. The van der Waals surface area contributed by atoms with Crippen LogP contribution in [0.2, 0.25) is 10.0 Å². The van der Waals surface area contributed by atoms with Gasteiger partial charge in [0.15, 0.2) is 0 Å². The number of carbonyl (C=O) groups is 1. The van der Waals surface area contributed by atoms with E-state index in [-0.39, 0.29) is 16.5 Å². The number of nitro groups is 1. The molecule has 0 fully saturated rings. The maximum absolute atomic E-state index is 11.0. The number of hydrogen-bond donors (Lipinski definition) is 1. The minimum absolute atomic E-state index is 0.113. The Morgan fingerprint density at radius 2 is 1.90 bits per heavy atom. The topological polar surface area (TPSA) is 89.7 Å². The highest BCUT2D eigenvalue weighted by Crippen LogP contribution is 2.33. The largest absolute Gasteiger partial charge is 0.477 e. The SMILES string of the molecule is O=C(O)c1cc(Oc2ccc(Cl)cc2Cl)ccc1[N+](=O)[O-]. The van der Waals surface area contributed by atoms with E-state index in [2.05, 4.69) is 0 Å². The lowest BCUT2D eigenvalue weighted by molar-refractivity contribution is -0.385. The van der Waals surface area contributed by atoms with Crippen molar-refractivity contribution in [3.63, 3.8) is 0 Å². The monoisotopic (exact) mass is 327 g/mol. The van der Waals surface area contributed by atoms with Crippen LogP contribution in [-0.4, -0.2) is 16.0 Å². The zero-order valence-corrected chi connectivity index (χ0v) is 11.8. The molecule has 0 unspecified atom stereocenters. The van der Waals surface area contributed by atoms with Crippen LogP contribution in [0.4, 0.5) is 5.69 Å². The smallest absolute Gasteiger partial charge is 0.342 e. The van der Waals surface area contributed by atoms with Crippen molar-refractivity contribution < 1.29 is 19.6 Å². The van der Waals surface area contributed by atoms with Gasteiger partial charge in [0.05, 0.1) is 9.95 Å². The quantitative estimate of drug-likeness (QED) is 0.664. The molecule has 2 rings (SSSR count). The second kappa shape index (κ2) is 5.99. The molecule has 21 heavy (non-hydrogen) atoms. The number of benzene rings is 2. The highest BCUT2D eigenvalue weighted by Gasteiger charge is 2.20. The molecular weight excluding hydrogens is 321 g/mol. The number of nitrogens with zero attached hydrogens (tertiary/aromatic N) is 1. The molecule has 0 atom stereocenters. The lowest BCUT2D eigenvalue weighted by Crippen LogP contribution is -2.02. The molecule has 0 heterocycles. The summed E-state index contributed by atoms with van der Waals surface area (Å²) in [5.41, 5.74) is -0.986. The van der Waals surface area contributed by atoms with E-state index in [1.807, 2.05) is 0 Å². The standard InChI is InChI=1S/C13H7Cl2NO5/c14-7-1-4-12(10(15)5-7)21-8-2-3-11(16(19)20)9(6-8)13(17)18/h1-6H,(H,17,18). The first-order chi connectivity index (χ1) is 9.88. The minimum atomic E-state index is -1.42. The van der Waals surface area contributed by atoms with Crippen LogP contribution in [0.3, 0.4) is 0 Å². The van der Waals surface area contributed by atoms with Crippen molar-refractivity contribution in [1.29, 1.82) is 0 Å². The second-order valence-corrected chi connectivity index (χ2v) is 4.76. The third-order valence-electron chi connectivity index (χ3n) is 2.52. The number of carboxylic acid groups (broad SMARTS) is 1. The Morgan fingerprint density at radius 3 is 2.48 bits per heavy atom. The van der Waals surface area contributed by atoms with Crippen LogP contribution < -0.4 is 4.74 Å². The Hall–Kier alpha value is -2.31. The van der Waals surface area contributed by atoms with Crippen LogP contribution in [0.25, 0.3) is 0 Å². The molecule has 108 valence electrons. The zero-order valence-electron chi connectivity index (χ0n) is 10.2. The third kappa shape index (κ3) is 3.42. The molecule has 0 aromatic heterocycles. The van der Waals surface area contributed by atoms with Crippen molar-refractivity contribution >= 4 is 34.9 Å². The van der Waals surface area contributed by atoms with Gasteiger partial charge in [-0.25, -0.2) is 4.79 Å². The molecule has 0 aliphatic carbocycles. The van der Waals surface area contributed by atoms with Crippen molar-refractivity contribution in [2.45, 2.75) is 0 Å². The van der Waals surface area contributed by atoms with E-state index in [4.69, 9.17) is 33.0 Å². The van der Waals surface area contributed by atoms with Crippen molar-refractivity contribution in [3.8, 4) is 11.5 Å². The molecular formula is C13H7Cl2NO5. The molecule has 2 aromatic rings. The fourth-order valence-electron chi connectivity index (χ4n) is 1.59. The summed E-state index contributed by atoms with van der Waals surface area (Å²) in [6, 6.07) is 7.92. The Bertz CT molecular complexity index is 732. The van der Waals surface area contributed by atoms with E-state index in [1.165, 1.54) is 18.2 Å². The van der Waals surface area contributed by atoms with Crippen LogP contribution in [0, 0.1) is 10.1 Å². The summed E-state index contributed by atoms with van der Waals surface area (Å²) in [5.74, 6) is -1.05. The summed E-state index contributed by atoms with van der Waals surface area (Å²) in [7, 11) is 0. The van der Waals surface area contributed by atoms with Gasteiger partial charge < -0.3 is 9.84 Å². The van der Waals surface area contributed by atoms with Gasteiger partial charge in [-0.3, -0.25) is 10.1 Å². The van der Waals surface area contributed by atoms with Crippen LogP contribution in [0.1, 0.15) is 10.4 Å². The predicted molar refractivity (Wildman–Crippen MR) is 76.6 cm³/mol.